The summed E-state index contributed by atoms with van der Waals surface area (Å²) >= 11 is 1.83. The summed E-state index contributed by atoms with van der Waals surface area (Å²) in [5, 5.41) is 2.15. The van der Waals surface area contributed by atoms with Crippen LogP contribution in [0, 0.1) is 5.92 Å². The van der Waals surface area contributed by atoms with Gasteiger partial charge in [0, 0.05) is 42.8 Å². The van der Waals surface area contributed by atoms with Crippen LogP contribution in [0.1, 0.15) is 28.8 Å². The summed E-state index contributed by atoms with van der Waals surface area (Å²) in [5.41, 5.74) is 2.61. The SMILES string of the molecule is O=C(C1CCN(Cc2cccnc2)CC1)N1CCc2sccc2C1. The number of likely N-dealkylation sites (tertiary alicyclic amines) is 1. The van der Waals surface area contributed by atoms with Crippen molar-refractivity contribution in [3.8, 4) is 0 Å². The lowest BCUT2D eigenvalue weighted by atomic mass is 9.94. The number of thiophene rings is 1. The highest BCUT2D eigenvalue weighted by Crippen LogP contribution is 2.27. The van der Waals surface area contributed by atoms with Gasteiger partial charge in [0.05, 0.1) is 0 Å². The van der Waals surface area contributed by atoms with Crippen molar-refractivity contribution < 1.29 is 4.79 Å². The van der Waals surface area contributed by atoms with E-state index in [9.17, 15) is 4.79 Å². The Kier molecular flexibility index (Phi) is 4.63. The third-order valence-corrected chi connectivity index (χ3v) is 6.21. The van der Waals surface area contributed by atoms with Gasteiger partial charge in [-0.2, -0.15) is 0 Å². The van der Waals surface area contributed by atoms with Gasteiger partial charge in [-0.1, -0.05) is 6.07 Å². The Bertz CT molecular complexity index is 692. The summed E-state index contributed by atoms with van der Waals surface area (Å²) in [6.07, 6.45) is 6.73. The summed E-state index contributed by atoms with van der Waals surface area (Å²) in [6, 6.07) is 6.28. The number of hydrogen-bond acceptors (Lipinski definition) is 4. The van der Waals surface area contributed by atoms with Crippen molar-refractivity contribution in [3.05, 3.63) is 52.0 Å². The fourth-order valence-electron chi connectivity index (χ4n) is 3.78. The van der Waals surface area contributed by atoms with E-state index in [0.717, 1.165) is 52.0 Å². The molecule has 2 aliphatic heterocycles. The predicted octanol–water partition coefficient (Wildman–Crippen LogP) is 2.94. The highest BCUT2D eigenvalue weighted by Gasteiger charge is 2.30. The molecule has 0 saturated carbocycles. The van der Waals surface area contributed by atoms with E-state index < -0.39 is 0 Å². The van der Waals surface area contributed by atoms with E-state index in [4.69, 9.17) is 0 Å². The van der Waals surface area contributed by atoms with Gasteiger partial charge in [-0.3, -0.25) is 14.7 Å². The van der Waals surface area contributed by atoms with E-state index >= 15 is 0 Å². The minimum atomic E-state index is 0.204. The van der Waals surface area contributed by atoms with Gasteiger partial charge in [-0.05, 0) is 61.0 Å². The van der Waals surface area contributed by atoms with Crippen molar-refractivity contribution in [2.75, 3.05) is 19.6 Å². The zero-order valence-electron chi connectivity index (χ0n) is 13.9. The summed E-state index contributed by atoms with van der Waals surface area (Å²) in [7, 11) is 0. The smallest absolute Gasteiger partial charge is 0.226 e. The Morgan fingerprint density at radius 3 is 2.92 bits per heavy atom. The molecule has 5 heteroatoms. The Hall–Kier alpha value is -1.72. The largest absolute Gasteiger partial charge is 0.338 e. The van der Waals surface area contributed by atoms with E-state index in [1.165, 1.54) is 16.0 Å². The van der Waals surface area contributed by atoms with Gasteiger partial charge in [0.1, 0.15) is 0 Å². The van der Waals surface area contributed by atoms with Crippen LogP contribution >= 0.6 is 11.3 Å². The van der Waals surface area contributed by atoms with Crippen molar-refractivity contribution in [2.24, 2.45) is 5.92 Å². The average molecular weight is 341 g/mol. The van der Waals surface area contributed by atoms with Gasteiger partial charge in [-0.15, -0.1) is 11.3 Å². The molecule has 24 heavy (non-hydrogen) atoms. The van der Waals surface area contributed by atoms with Crippen LogP contribution in [0.5, 0.6) is 0 Å². The lowest BCUT2D eigenvalue weighted by Gasteiger charge is -2.35. The lowest BCUT2D eigenvalue weighted by molar-refractivity contribution is -0.138. The Morgan fingerprint density at radius 2 is 2.12 bits per heavy atom. The first-order chi connectivity index (χ1) is 11.8. The molecule has 2 aromatic rings. The number of piperidine rings is 1. The predicted molar refractivity (Wildman–Crippen MR) is 95.7 cm³/mol. The number of fused-ring (bicyclic) bond motifs is 1. The molecule has 1 amide bonds. The number of aromatic nitrogens is 1. The van der Waals surface area contributed by atoms with E-state index in [-0.39, 0.29) is 5.92 Å². The maximum absolute atomic E-state index is 12.9. The molecule has 0 unspecified atom stereocenters. The highest BCUT2D eigenvalue weighted by atomic mass is 32.1. The van der Waals surface area contributed by atoms with Crippen LogP contribution < -0.4 is 0 Å². The number of carbonyl (C=O) groups excluding carboxylic acids is 1. The number of hydrogen-bond donors (Lipinski definition) is 0. The molecule has 0 atom stereocenters. The number of amides is 1. The Balaban J connectivity index is 1.30. The molecule has 0 aromatic carbocycles. The minimum absolute atomic E-state index is 0.204. The summed E-state index contributed by atoms with van der Waals surface area (Å²) in [4.78, 5) is 23.0. The third-order valence-electron chi connectivity index (χ3n) is 5.19. The number of pyridine rings is 1. The quantitative estimate of drug-likeness (QED) is 0.861. The zero-order valence-corrected chi connectivity index (χ0v) is 14.7. The minimum Gasteiger partial charge on any atom is -0.338 e. The molecule has 4 rings (SSSR count). The molecular formula is C19H23N3OS. The lowest BCUT2D eigenvalue weighted by Crippen LogP contribution is -2.43. The standard InChI is InChI=1S/C19H23N3OS/c23-19(22-10-5-18-17(14-22)6-11-24-18)16-3-8-21(9-4-16)13-15-2-1-7-20-12-15/h1-2,6-7,11-12,16H,3-5,8-10,13-14H2. The number of rotatable bonds is 3. The summed E-state index contributed by atoms with van der Waals surface area (Å²) in [5.74, 6) is 0.572. The van der Waals surface area contributed by atoms with Crippen molar-refractivity contribution in [1.29, 1.82) is 0 Å². The molecule has 1 saturated heterocycles. The second-order valence-corrected chi connectivity index (χ2v) is 7.79. The maximum atomic E-state index is 12.9. The fraction of sp³-hybridized carbons (Fsp3) is 0.474. The van der Waals surface area contributed by atoms with E-state index in [2.05, 4.69) is 32.3 Å². The van der Waals surface area contributed by atoms with Gasteiger partial charge in [0.2, 0.25) is 5.91 Å². The molecule has 0 aliphatic carbocycles. The molecule has 0 radical (unpaired) electrons. The summed E-state index contributed by atoms with van der Waals surface area (Å²) < 4.78 is 0. The van der Waals surface area contributed by atoms with Crippen LogP contribution in [0.4, 0.5) is 0 Å². The first-order valence-corrected chi connectivity index (χ1v) is 9.63. The van der Waals surface area contributed by atoms with Gasteiger partial charge in [0.25, 0.3) is 0 Å². The molecule has 2 aromatic heterocycles. The number of nitrogens with zero attached hydrogens (tertiary/aromatic N) is 3. The van der Waals surface area contributed by atoms with E-state index in [1.807, 2.05) is 29.8 Å². The second kappa shape index (κ2) is 7.03. The normalized spacial score (nSPS) is 19.2. The van der Waals surface area contributed by atoms with Crippen molar-refractivity contribution in [2.45, 2.75) is 32.4 Å². The van der Waals surface area contributed by atoms with Crippen molar-refractivity contribution in [3.63, 3.8) is 0 Å². The summed E-state index contributed by atoms with van der Waals surface area (Å²) in [6.45, 7) is 4.65. The topological polar surface area (TPSA) is 36.4 Å². The monoisotopic (exact) mass is 341 g/mol. The van der Waals surface area contributed by atoms with Crippen LogP contribution in [-0.4, -0.2) is 40.3 Å². The van der Waals surface area contributed by atoms with Crippen LogP contribution in [0.2, 0.25) is 0 Å². The third kappa shape index (κ3) is 3.37. The molecule has 1 fully saturated rings. The van der Waals surface area contributed by atoms with Crippen molar-refractivity contribution >= 4 is 17.2 Å². The number of carbonyl (C=O) groups is 1. The van der Waals surface area contributed by atoms with Crippen LogP contribution in [0.3, 0.4) is 0 Å². The molecule has 0 spiro atoms. The average Bonchev–Trinajstić information content (AvgIpc) is 3.10. The van der Waals surface area contributed by atoms with Crippen LogP contribution in [0.15, 0.2) is 36.0 Å². The molecular weight excluding hydrogens is 318 g/mol. The molecule has 4 nitrogen and oxygen atoms in total. The van der Waals surface area contributed by atoms with E-state index in [0.29, 0.717) is 5.91 Å². The first kappa shape index (κ1) is 15.8. The van der Waals surface area contributed by atoms with Crippen LogP contribution in [-0.2, 0) is 24.3 Å². The molecule has 0 bridgehead atoms. The van der Waals surface area contributed by atoms with Gasteiger partial charge >= 0.3 is 0 Å². The van der Waals surface area contributed by atoms with Gasteiger partial charge in [0.15, 0.2) is 0 Å². The first-order valence-electron chi connectivity index (χ1n) is 8.75. The van der Waals surface area contributed by atoms with Gasteiger partial charge < -0.3 is 4.90 Å². The molecule has 2 aliphatic rings. The Morgan fingerprint density at radius 1 is 1.25 bits per heavy atom. The fourth-order valence-corrected chi connectivity index (χ4v) is 4.67. The molecule has 4 heterocycles. The van der Waals surface area contributed by atoms with E-state index in [1.54, 1.807) is 0 Å². The van der Waals surface area contributed by atoms with Crippen LogP contribution in [0.25, 0.3) is 0 Å². The van der Waals surface area contributed by atoms with Crippen molar-refractivity contribution in [1.82, 2.24) is 14.8 Å². The maximum Gasteiger partial charge on any atom is 0.226 e. The zero-order chi connectivity index (χ0) is 16.4. The molecule has 126 valence electrons. The highest BCUT2D eigenvalue weighted by molar-refractivity contribution is 7.10. The Labute approximate surface area is 147 Å². The molecule has 0 N–H and O–H groups in total. The second-order valence-electron chi connectivity index (χ2n) is 6.79. The van der Waals surface area contributed by atoms with Gasteiger partial charge in [-0.25, -0.2) is 0 Å².